The molecule has 1 fully saturated rings. The molecular weight excluding hydrogens is 354 g/mol. The zero-order valence-corrected chi connectivity index (χ0v) is 15.9. The third-order valence-electron chi connectivity index (χ3n) is 4.61. The van der Waals surface area contributed by atoms with Gasteiger partial charge in [-0.2, -0.15) is 4.98 Å². The van der Waals surface area contributed by atoms with Crippen molar-refractivity contribution in [1.29, 1.82) is 0 Å². The van der Waals surface area contributed by atoms with Crippen LogP contribution in [0.15, 0.2) is 28.8 Å². The van der Waals surface area contributed by atoms with Crippen LogP contribution in [0.3, 0.4) is 0 Å². The van der Waals surface area contributed by atoms with Crippen LogP contribution < -0.4 is 5.32 Å². The lowest BCUT2D eigenvalue weighted by Crippen LogP contribution is -2.48. The fourth-order valence-electron chi connectivity index (χ4n) is 3.11. The van der Waals surface area contributed by atoms with E-state index in [1.54, 1.807) is 6.92 Å². The van der Waals surface area contributed by atoms with Crippen LogP contribution in [0.5, 0.6) is 0 Å². The van der Waals surface area contributed by atoms with E-state index in [0.717, 1.165) is 31.7 Å². The summed E-state index contributed by atoms with van der Waals surface area (Å²) in [7, 11) is 2.13. The molecular formula is C18H24ClN5O2. The first-order chi connectivity index (χ1) is 12.5. The number of aryl methyl sites for hydroxylation is 1. The van der Waals surface area contributed by atoms with Crippen molar-refractivity contribution in [2.45, 2.75) is 19.4 Å². The molecule has 1 aliphatic rings. The Bertz CT molecular complexity index is 725. The highest BCUT2D eigenvalue weighted by atomic mass is 35.5. The number of rotatable bonds is 6. The number of aromatic nitrogens is 2. The number of nitrogens with one attached hydrogen (secondary N) is 1. The first kappa shape index (κ1) is 18.8. The van der Waals surface area contributed by atoms with Crippen LogP contribution in [0, 0.1) is 6.92 Å². The van der Waals surface area contributed by atoms with E-state index in [-0.39, 0.29) is 18.4 Å². The molecule has 1 unspecified atom stereocenters. The molecule has 8 heteroatoms. The molecule has 0 bridgehead atoms. The molecule has 1 atom stereocenters. The van der Waals surface area contributed by atoms with Gasteiger partial charge in [0.1, 0.15) is 0 Å². The van der Waals surface area contributed by atoms with E-state index in [1.165, 1.54) is 0 Å². The zero-order valence-electron chi connectivity index (χ0n) is 15.1. The summed E-state index contributed by atoms with van der Waals surface area (Å²) in [5.74, 6) is 0.755. The van der Waals surface area contributed by atoms with Gasteiger partial charge in [0.05, 0.1) is 12.5 Å². The Kier molecular flexibility index (Phi) is 6.24. The Hall–Kier alpha value is -1.96. The Balaban J connectivity index is 1.65. The molecule has 2 aromatic rings. The molecule has 1 saturated heterocycles. The van der Waals surface area contributed by atoms with Crippen molar-refractivity contribution in [3.63, 3.8) is 0 Å². The number of likely N-dealkylation sites (N-methyl/N-ethyl adjacent to an activating group) is 1. The van der Waals surface area contributed by atoms with Crippen molar-refractivity contribution in [2.75, 3.05) is 39.8 Å². The monoisotopic (exact) mass is 377 g/mol. The fraction of sp³-hybridized carbons (Fsp3) is 0.500. The molecule has 0 spiro atoms. The molecule has 1 N–H and O–H groups in total. The highest BCUT2D eigenvalue weighted by Gasteiger charge is 2.24. The second-order valence-electron chi connectivity index (χ2n) is 6.62. The van der Waals surface area contributed by atoms with E-state index < -0.39 is 0 Å². The average molecular weight is 378 g/mol. The van der Waals surface area contributed by atoms with Crippen LogP contribution in [0.1, 0.15) is 23.3 Å². The van der Waals surface area contributed by atoms with Crippen LogP contribution in [0.4, 0.5) is 0 Å². The van der Waals surface area contributed by atoms with Crippen LogP contribution >= 0.6 is 11.6 Å². The lowest BCUT2D eigenvalue weighted by Gasteiger charge is -2.38. The van der Waals surface area contributed by atoms with Crippen molar-refractivity contribution in [3.05, 3.63) is 46.6 Å². The van der Waals surface area contributed by atoms with Crippen LogP contribution in [-0.4, -0.2) is 65.6 Å². The lowest BCUT2D eigenvalue weighted by atomic mass is 10.0. The maximum Gasteiger partial charge on any atom is 0.227 e. The zero-order chi connectivity index (χ0) is 18.5. The maximum absolute atomic E-state index is 12.3. The molecule has 0 radical (unpaired) electrons. The largest absolute Gasteiger partial charge is 0.354 e. The van der Waals surface area contributed by atoms with E-state index in [9.17, 15) is 4.79 Å². The number of amides is 1. The SMILES string of the molecule is Cc1nc(CC(=O)NCC(c2ccc(Cl)cc2)N2CCN(C)CC2)no1. The van der Waals surface area contributed by atoms with E-state index in [2.05, 4.69) is 32.3 Å². The van der Waals surface area contributed by atoms with Gasteiger partial charge in [0.25, 0.3) is 0 Å². The number of piperazine rings is 1. The van der Waals surface area contributed by atoms with Crippen LogP contribution in [0.2, 0.25) is 5.02 Å². The molecule has 0 aliphatic carbocycles. The number of carbonyl (C=O) groups is 1. The van der Waals surface area contributed by atoms with Crippen LogP contribution in [0.25, 0.3) is 0 Å². The van der Waals surface area contributed by atoms with Gasteiger partial charge in [0.2, 0.25) is 11.8 Å². The smallest absolute Gasteiger partial charge is 0.227 e. The predicted octanol–water partition coefficient (Wildman–Crippen LogP) is 1.68. The number of hydrogen-bond donors (Lipinski definition) is 1. The minimum Gasteiger partial charge on any atom is -0.354 e. The van der Waals surface area contributed by atoms with Crippen LogP contribution in [-0.2, 0) is 11.2 Å². The third kappa shape index (κ3) is 5.03. The molecule has 26 heavy (non-hydrogen) atoms. The molecule has 1 aliphatic heterocycles. The van der Waals surface area contributed by atoms with Gasteiger partial charge in [-0.3, -0.25) is 9.69 Å². The molecule has 7 nitrogen and oxygen atoms in total. The highest BCUT2D eigenvalue weighted by Crippen LogP contribution is 2.23. The molecule has 1 aromatic heterocycles. The third-order valence-corrected chi connectivity index (χ3v) is 4.87. The standard InChI is InChI=1S/C18H24ClN5O2/c1-13-21-17(22-26-13)11-18(25)20-12-16(14-3-5-15(19)6-4-14)24-9-7-23(2)8-10-24/h3-6,16H,7-12H2,1-2H3,(H,20,25). The number of benzene rings is 1. The quantitative estimate of drug-likeness (QED) is 0.825. The Morgan fingerprint density at radius 1 is 1.27 bits per heavy atom. The summed E-state index contributed by atoms with van der Waals surface area (Å²) in [5, 5.41) is 7.50. The van der Waals surface area contributed by atoms with Gasteiger partial charge in [0, 0.05) is 44.7 Å². The fourth-order valence-corrected chi connectivity index (χ4v) is 3.23. The van der Waals surface area contributed by atoms with Crippen molar-refractivity contribution < 1.29 is 9.32 Å². The molecule has 1 aromatic carbocycles. The van der Waals surface area contributed by atoms with Gasteiger partial charge in [-0.1, -0.05) is 28.9 Å². The second kappa shape index (κ2) is 8.62. The Labute approximate surface area is 158 Å². The normalized spacial score (nSPS) is 17.2. The molecule has 2 heterocycles. The van der Waals surface area contributed by atoms with Gasteiger partial charge in [-0.15, -0.1) is 0 Å². The molecule has 0 saturated carbocycles. The summed E-state index contributed by atoms with van der Waals surface area (Å²) in [6.07, 6.45) is 0.118. The van der Waals surface area contributed by atoms with E-state index in [0.29, 0.717) is 23.3 Å². The van der Waals surface area contributed by atoms with Crippen molar-refractivity contribution in [2.24, 2.45) is 0 Å². The highest BCUT2D eigenvalue weighted by molar-refractivity contribution is 6.30. The summed E-state index contributed by atoms with van der Waals surface area (Å²) in [6, 6.07) is 7.95. The first-order valence-electron chi connectivity index (χ1n) is 8.75. The summed E-state index contributed by atoms with van der Waals surface area (Å²) < 4.78 is 4.91. The minimum atomic E-state index is -0.112. The van der Waals surface area contributed by atoms with Gasteiger partial charge in [-0.05, 0) is 24.7 Å². The van der Waals surface area contributed by atoms with Gasteiger partial charge >= 0.3 is 0 Å². The summed E-state index contributed by atoms with van der Waals surface area (Å²) in [6.45, 7) is 6.19. The van der Waals surface area contributed by atoms with E-state index in [1.807, 2.05) is 24.3 Å². The minimum absolute atomic E-state index is 0.108. The average Bonchev–Trinajstić information content (AvgIpc) is 3.03. The Morgan fingerprint density at radius 2 is 1.96 bits per heavy atom. The molecule has 1 amide bonds. The first-order valence-corrected chi connectivity index (χ1v) is 9.13. The van der Waals surface area contributed by atoms with E-state index >= 15 is 0 Å². The molecule has 140 valence electrons. The number of halogens is 1. The Morgan fingerprint density at radius 3 is 2.58 bits per heavy atom. The van der Waals surface area contributed by atoms with Gasteiger partial charge in [0.15, 0.2) is 5.82 Å². The lowest BCUT2D eigenvalue weighted by molar-refractivity contribution is -0.120. The maximum atomic E-state index is 12.3. The predicted molar refractivity (Wildman–Crippen MR) is 99.0 cm³/mol. The number of carbonyl (C=O) groups excluding carboxylic acids is 1. The van der Waals surface area contributed by atoms with Gasteiger partial charge < -0.3 is 14.7 Å². The van der Waals surface area contributed by atoms with E-state index in [4.69, 9.17) is 16.1 Å². The van der Waals surface area contributed by atoms with Crippen molar-refractivity contribution >= 4 is 17.5 Å². The van der Waals surface area contributed by atoms with Gasteiger partial charge in [-0.25, -0.2) is 0 Å². The number of nitrogens with zero attached hydrogens (tertiary/aromatic N) is 4. The number of hydrogen-bond acceptors (Lipinski definition) is 6. The summed E-state index contributed by atoms with van der Waals surface area (Å²) in [4.78, 5) is 21.1. The topological polar surface area (TPSA) is 74.5 Å². The van der Waals surface area contributed by atoms with Crippen molar-refractivity contribution in [3.8, 4) is 0 Å². The summed E-state index contributed by atoms with van der Waals surface area (Å²) in [5.41, 5.74) is 1.15. The molecule has 3 rings (SSSR count). The second-order valence-corrected chi connectivity index (χ2v) is 7.05. The summed E-state index contributed by atoms with van der Waals surface area (Å²) >= 11 is 6.03. The van der Waals surface area contributed by atoms with Crippen molar-refractivity contribution in [1.82, 2.24) is 25.3 Å².